The summed E-state index contributed by atoms with van der Waals surface area (Å²) >= 11 is 2.49. The molecule has 0 unspecified atom stereocenters. The summed E-state index contributed by atoms with van der Waals surface area (Å²) in [7, 11) is -1.72. The van der Waals surface area contributed by atoms with Crippen molar-refractivity contribution in [2.45, 2.75) is 57.8 Å². The first-order chi connectivity index (χ1) is 16.4. The fourth-order valence-corrected chi connectivity index (χ4v) is 9.15. The quantitative estimate of drug-likeness (QED) is 0.0673. The lowest BCUT2D eigenvalue weighted by Crippen LogP contribution is -3.00. The van der Waals surface area contributed by atoms with Gasteiger partial charge in [0.1, 0.15) is 23.2 Å². The highest BCUT2D eigenvalue weighted by Gasteiger charge is 2.43. The van der Waals surface area contributed by atoms with E-state index in [2.05, 4.69) is 126 Å². The van der Waals surface area contributed by atoms with Crippen molar-refractivity contribution in [3.05, 3.63) is 103 Å². The van der Waals surface area contributed by atoms with Crippen molar-refractivity contribution in [2.75, 3.05) is 10.6 Å². The topological polar surface area (TPSA) is 0 Å². The number of rotatable bonds is 15. The van der Waals surface area contributed by atoms with Crippen LogP contribution in [0.15, 0.2) is 103 Å². The molecule has 0 radical (unpaired) electrons. The Labute approximate surface area is 232 Å². The number of benzene rings is 3. The van der Waals surface area contributed by atoms with Crippen LogP contribution in [0.4, 0.5) is 0 Å². The van der Waals surface area contributed by atoms with Gasteiger partial charge in [-0.1, -0.05) is 128 Å². The molecule has 0 aromatic heterocycles. The van der Waals surface area contributed by atoms with Crippen LogP contribution in [-0.2, 0) is 0 Å². The first-order valence-electron chi connectivity index (χ1n) is 12.6. The van der Waals surface area contributed by atoms with Crippen LogP contribution in [0.3, 0.4) is 0 Å². The number of unbranched alkanes of at least 4 members (excludes halogenated alkanes) is 8. The van der Waals surface area contributed by atoms with Gasteiger partial charge in [0.2, 0.25) is 0 Å². The summed E-state index contributed by atoms with van der Waals surface area (Å²) in [5, 5.41) is 4.40. The standard InChI is InChI=1S/C31H39IP.BrH/c32-27-19-8-6-4-2-1-3-5-7-9-20-28-33(29-21-13-10-14-22-29,30-23-15-11-16-24-30)31-25-17-12-18-26-31;/h9-18,20-26H,1-8,19,27-28H2;1H/q+1;/p-1. The van der Waals surface area contributed by atoms with Crippen LogP contribution in [0.5, 0.6) is 0 Å². The van der Waals surface area contributed by atoms with Crippen LogP contribution < -0.4 is 32.9 Å². The minimum Gasteiger partial charge on any atom is -1.00 e. The summed E-state index contributed by atoms with van der Waals surface area (Å²) in [5.74, 6) is 0. The third-order valence-electron chi connectivity index (χ3n) is 6.39. The third-order valence-corrected chi connectivity index (χ3v) is 11.5. The molecule has 34 heavy (non-hydrogen) atoms. The van der Waals surface area contributed by atoms with E-state index < -0.39 is 7.26 Å². The lowest BCUT2D eigenvalue weighted by Gasteiger charge is -2.26. The van der Waals surface area contributed by atoms with Gasteiger partial charge in [-0.25, -0.2) is 0 Å². The normalized spacial score (nSPS) is 11.4. The third kappa shape index (κ3) is 8.92. The number of allylic oxidation sites excluding steroid dienone is 2. The summed E-state index contributed by atoms with van der Waals surface area (Å²) in [6, 6.07) is 33.6. The van der Waals surface area contributed by atoms with Crippen molar-refractivity contribution >= 4 is 45.8 Å². The van der Waals surface area contributed by atoms with Crippen molar-refractivity contribution in [1.82, 2.24) is 0 Å². The zero-order valence-electron chi connectivity index (χ0n) is 20.3. The van der Waals surface area contributed by atoms with Crippen LogP contribution in [-0.4, -0.2) is 10.6 Å². The molecule has 3 heteroatoms. The molecule has 3 rings (SSSR count). The van der Waals surface area contributed by atoms with Gasteiger partial charge in [0.25, 0.3) is 0 Å². The number of halogens is 2. The van der Waals surface area contributed by atoms with Crippen LogP contribution in [0.1, 0.15) is 57.8 Å². The maximum atomic E-state index is 2.49. The number of hydrogen-bond acceptors (Lipinski definition) is 0. The summed E-state index contributed by atoms with van der Waals surface area (Å²) in [4.78, 5) is 0. The van der Waals surface area contributed by atoms with Gasteiger partial charge in [-0.2, -0.15) is 0 Å². The van der Waals surface area contributed by atoms with Crippen molar-refractivity contribution in [3.63, 3.8) is 0 Å². The van der Waals surface area contributed by atoms with E-state index >= 15 is 0 Å². The highest BCUT2D eigenvalue weighted by molar-refractivity contribution is 14.1. The molecule has 0 N–H and O–H groups in total. The molecule has 0 aliphatic heterocycles. The van der Waals surface area contributed by atoms with E-state index in [1.165, 1.54) is 78.1 Å². The molecule has 0 atom stereocenters. The second-order valence-corrected chi connectivity index (χ2v) is 13.4. The van der Waals surface area contributed by atoms with E-state index in [1.807, 2.05) is 0 Å². The number of alkyl halides is 1. The Hall–Kier alpha value is -0.960. The summed E-state index contributed by atoms with van der Waals surface area (Å²) in [5.41, 5.74) is 0. The first kappa shape index (κ1) is 29.3. The molecule has 0 nitrogen and oxygen atoms in total. The predicted octanol–water partition coefficient (Wildman–Crippen LogP) is 5.49. The molecule has 0 heterocycles. The SMILES string of the molecule is ICCCCCCCCCCC=CC[P+](c1ccccc1)(c1ccccc1)c1ccccc1.[Br-]. The van der Waals surface area contributed by atoms with Gasteiger partial charge in [-0.05, 0) is 60.1 Å². The lowest BCUT2D eigenvalue weighted by molar-refractivity contribution is -0.00000648. The molecule has 0 fully saturated rings. The molecule has 0 amide bonds. The lowest BCUT2D eigenvalue weighted by atomic mass is 10.1. The predicted molar refractivity (Wildman–Crippen MR) is 160 cm³/mol. The fourth-order valence-electron chi connectivity index (χ4n) is 4.58. The Morgan fingerprint density at radius 1 is 0.500 bits per heavy atom. The maximum absolute atomic E-state index is 2.49. The van der Waals surface area contributed by atoms with Crippen molar-refractivity contribution < 1.29 is 17.0 Å². The van der Waals surface area contributed by atoms with Crippen LogP contribution in [0.25, 0.3) is 0 Å². The van der Waals surface area contributed by atoms with Gasteiger partial charge in [0.05, 0.1) is 6.16 Å². The second kappa shape index (κ2) is 17.5. The molecular weight excluding hydrogens is 610 g/mol. The Kier molecular flexibility index (Phi) is 15.0. The minimum atomic E-state index is -1.72. The molecule has 182 valence electrons. The van der Waals surface area contributed by atoms with E-state index in [9.17, 15) is 0 Å². The molecule has 0 aliphatic rings. The Balaban J connectivity index is 0.00000408. The van der Waals surface area contributed by atoms with Crippen LogP contribution in [0.2, 0.25) is 0 Å². The Bertz CT molecular complexity index is 815. The molecule has 0 bridgehead atoms. The average Bonchev–Trinajstić information content (AvgIpc) is 2.89. The smallest absolute Gasteiger partial charge is 0.115 e. The van der Waals surface area contributed by atoms with E-state index in [4.69, 9.17) is 0 Å². The molecule has 3 aromatic carbocycles. The average molecular weight is 649 g/mol. The van der Waals surface area contributed by atoms with Crippen LogP contribution in [0, 0.1) is 0 Å². The van der Waals surface area contributed by atoms with E-state index in [-0.39, 0.29) is 17.0 Å². The molecular formula is C31H39BrIP. The summed E-state index contributed by atoms with van der Waals surface area (Å²) < 4.78 is 1.31. The zero-order valence-corrected chi connectivity index (χ0v) is 24.9. The van der Waals surface area contributed by atoms with E-state index in [1.54, 1.807) is 0 Å². The highest BCUT2D eigenvalue weighted by Crippen LogP contribution is 2.55. The largest absolute Gasteiger partial charge is 1.00 e. The molecule has 0 saturated carbocycles. The monoisotopic (exact) mass is 648 g/mol. The maximum Gasteiger partial charge on any atom is 0.115 e. The molecule has 3 aromatic rings. The number of hydrogen-bond donors (Lipinski definition) is 0. The minimum absolute atomic E-state index is 0. The molecule has 0 saturated heterocycles. The van der Waals surface area contributed by atoms with Crippen LogP contribution >= 0.6 is 29.9 Å². The van der Waals surface area contributed by atoms with Gasteiger partial charge in [0.15, 0.2) is 0 Å². The van der Waals surface area contributed by atoms with Gasteiger partial charge in [-0.3, -0.25) is 0 Å². The first-order valence-corrected chi connectivity index (χ1v) is 16.1. The summed E-state index contributed by atoms with van der Waals surface area (Å²) in [6.45, 7) is 0. The Morgan fingerprint density at radius 2 is 0.882 bits per heavy atom. The van der Waals surface area contributed by atoms with Gasteiger partial charge in [0, 0.05) is 0 Å². The Morgan fingerprint density at radius 3 is 1.29 bits per heavy atom. The fraction of sp³-hybridized carbons (Fsp3) is 0.355. The van der Waals surface area contributed by atoms with Gasteiger partial charge in [-0.15, -0.1) is 0 Å². The zero-order chi connectivity index (χ0) is 23.0. The van der Waals surface area contributed by atoms with Gasteiger partial charge >= 0.3 is 0 Å². The summed E-state index contributed by atoms with van der Waals surface area (Å²) in [6.07, 6.45) is 18.4. The van der Waals surface area contributed by atoms with E-state index in [0.717, 1.165) is 6.16 Å². The highest BCUT2D eigenvalue weighted by atomic mass is 127. The van der Waals surface area contributed by atoms with Crippen molar-refractivity contribution in [1.29, 1.82) is 0 Å². The van der Waals surface area contributed by atoms with E-state index in [0.29, 0.717) is 0 Å². The van der Waals surface area contributed by atoms with Crippen molar-refractivity contribution in [2.24, 2.45) is 0 Å². The van der Waals surface area contributed by atoms with Gasteiger partial charge < -0.3 is 17.0 Å². The van der Waals surface area contributed by atoms with Crippen molar-refractivity contribution in [3.8, 4) is 0 Å². The molecule has 0 aliphatic carbocycles. The second-order valence-electron chi connectivity index (χ2n) is 8.78. The molecule has 0 spiro atoms.